The normalized spacial score (nSPS) is 12.2. The molecule has 1 unspecified atom stereocenters. The van der Waals surface area contributed by atoms with Gasteiger partial charge in [0.15, 0.2) is 0 Å². The Labute approximate surface area is 105 Å². The molecule has 5 heteroatoms. The minimum atomic E-state index is -0.298. The van der Waals surface area contributed by atoms with Crippen LogP contribution in [-0.4, -0.2) is 34.9 Å². The van der Waals surface area contributed by atoms with Crippen LogP contribution in [0.15, 0.2) is 18.2 Å². The number of phenolic OH excluding ortho intramolecular Hbond substituents is 1. The van der Waals surface area contributed by atoms with Gasteiger partial charge in [0.2, 0.25) is 0 Å². The third-order valence-corrected chi connectivity index (χ3v) is 3.08. The second-order valence-corrected chi connectivity index (χ2v) is 4.33. The molecule has 88 valence electrons. The molecule has 3 nitrogen and oxygen atoms in total. The van der Waals surface area contributed by atoms with Crippen molar-refractivity contribution in [3.8, 4) is 5.75 Å². The van der Waals surface area contributed by atoms with Crippen LogP contribution in [0.2, 0.25) is 5.02 Å². The van der Waals surface area contributed by atoms with Crippen molar-refractivity contribution in [3.63, 3.8) is 0 Å². The smallest absolute Gasteiger partial charge is 0.257 e. The zero-order chi connectivity index (χ0) is 12.3. The third-order valence-electron chi connectivity index (χ3n) is 2.39. The average molecular weight is 262 g/mol. The predicted molar refractivity (Wildman–Crippen MR) is 65.4 cm³/mol. The van der Waals surface area contributed by atoms with E-state index < -0.39 is 0 Å². The highest BCUT2D eigenvalue weighted by atomic mass is 35.5. The SMILES string of the molecule is CC(CCl)N(C)C(=O)c1cc(Cl)ccc1O. The fourth-order valence-corrected chi connectivity index (χ4v) is 1.55. The van der Waals surface area contributed by atoms with Gasteiger partial charge in [0.1, 0.15) is 5.75 Å². The van der Waals surface area contributed by atoms with Crippen molar-refractivity contribution >= 4 is 29.1 Å². The number of hydrogen-bond donors (Lipinski definition) is 1. The Morgan fingerprint density at radius 3 is 2.75 bits per heavy atom. The Hall–Kier alpha value is -0.930. The molecule has 0 saturated heterocycles. The average Bonchev–Trinajstić information content (AvgIpc) is 2.29. The Kier molecular flexibility index (Phi) is 4.44. The van der Waals surface area contributed by atoms with Gasteiger partial charge in [-0.05, 0) is 25.1 Å². The van der Waals surface area contributed by atoms with Crippen LogP contribution >= 0.6 is 23.2 Å². The molecule has 1 amide bonds. The van der Waals surface area contributed by atoms with Gasteiger partial charge in [-0.1, -0.05) is 11.6 Å². The molecule has 0 spiro atoms. The van der Waals surface area contributed by atoms with Gasteiger partial charge in [-0.2, -0.15) is 0 Å². The third kappa shape index (κ3) is 2.80. The predicted octanol–water partition coefficient (Wildman–Crippen LogP) is 2.74. The summed E-state index contributed by atoms with van der Waals surface area (Å²) in [6.07, 6.45) is 0. The molecular weight excluding hydrogens is 249 g/mol. The second-order valence-electron chi connectivity index (χ2n) is 3.58. The molecule has 1 aromatic carbocycles. The van der Waals surface area contributed by atoms with Crippen molar-refractivity contribution in [1.29, 1.82) is 0 Å². The zero-order valence-electron chi connectivity index (χ0n) is 9.08. The number of halogens is 2. The molecule has 1 atom stereocenters. The maximum Gasteiger partial charge on any atom is 0.257 e. The first-order chi connectivity index (χ1) is 7.47. The van der Waals surface area contributed by atoms with Crippen molar-refractivity contribution in [3.05, 3.63) is 28.8 Å². The topological polar surface area (TPSA) is 40.5 Å². The summed E-state index contributed by atoms with van der Waals surface area (Å²) in [6.45, 7) is 1.83. The number of benzene rings is 1. The lowest BCUT2D eigenvalue weighted by Gasteiger charge is -2.23. The van der Waals surface area contributed by atoms with E-state index in [0.29, 0.717) is 10.9 Å². The molecule has 0 saturated carbocycles. The summed E-state index contributed by atoms with van der Waals surface area (Å²) in [5, 5.41) is 9.98. The molecule has 0 fully saturated rings. The quantitative estimate of drug-likeness (QED) is 0.851. The standard InChI is InChI=1S/C11H13Cl2NO2/c1-7(6-12)14(2)11(16)9-5-8(13)3-4-10(9)15/h3-5,7,15H,6H2,1-2H3. The molecule has 0 heterocycles. The van der Waals surface area contributed by atoms with Gasteiger partial charge in [0.05, 0.1) is 5.56 Å². The Bertz CT molecular complexity index is 396. The monoisotopic (exact) mass is 261 g/mol. The van der Waals surface area contributed by atoms with E-state index in [2.05, 4.69) is 0 Å². The highest BCUT2D eigenvalue weighted by Crippen LogP contribution is 2.23. The van der Waals surface area contributed by atoms with Crippen molar-refractivity contribution < 1.29 is 9.90 Å². The zero-order valence-corrected chi connectivity index (χ0v) is 10.6. The van der Waals surface area contributed by atoms with Crippen LogP contribution in [0.4, 0.5) is 0 Å². The van der Waals surface area contributed by atoms with Crippen LogP contribution in [-0.2, 0) is 0 Å². The molecule has 0 aliphatic carbocycles. The maximum absolute atomic E-state index is 12.0. The number of nitrogens with zero attached hydrogens (tertiary/aromatic N) is 1. The van der Waals surface area contributed by atoms with Gasteiger partial charge >= 0.3 is 0 Å². The van der Waals surface area contributed by atoms with Crippen LogP contribution < -0.4 is 0 Å². The summed E-state index contributed by atoms with van der Waals surface area (Å²) >= 11 is 11.4. The van der Waals surface area contributed by atoms with E-state index in [0.717, 1.165) is 0 Å². The van der Waals surface area contributed by atoms with Gasteiger partial charge in [-0.15, -0.1) is 11.6 Å². The first-order valence-electron chi connectivity index (χ1n) is 4.79. The highest BCUT2D eigenvalue weighted by molar-refractivity contribution is 6.31. The molecule has 0 aliphatic rings. The first-order valence-corrected chi connectivity index (χ1v) is 5.70. The number of hydrogen-bond acceptors (Lipinski definition) is 2. The maximum atomic E-state index is 12.0. The van der Waals surface area contributed by atoms with E-state index in [1.54, 1.807) is 7.05 Å². The minimum Gasteiger partial charge on any atom is -0.507 e. The van der Waals surface area contributed by atoms with E-state index in [1.807, 2.05) is 6.92 Å². The summed E-state index contributed by atoms with van der Waals surface area (Å²) in [4.78, 5) is 13.4. The molecule has 16 heavy (non-hydrogen) atoms. The molecule has 0 bridgehead atoms. The van der Waals surface area contributed by atoms with Crippen LogP contribution in [0.5, 0.6) is 5.75 Å². The van der Waals surface area contributed by atoms with Gasteiger partial charge in [0.25, 0.3) is 5.91 Å². The van der Waals surface area contributed by atoms with Gasteiger partial charge in [-0.3, -0.25) is 4.79 Å². The number of phenols is 1. The molecule has 1 N–H and O–H groups in total. The van der Waals surface area contributed by atoms with Crippen molar-refractivity contribution in [2.45, 2.75) is 13.0 Å². The lowest BCUT2D eigenvalue weighted by molar-refractivity contribution is 0.0753. The lowest BCUT2D eigenvalue weighted by atomic mass is 10.1. The Morgan fingerprint density at radius 1 is 1.56 bits per heavy atom. The van der Waals surface area contributed by atoms with Crippen LogP contribution in [0.1, 0.15) is 17.3 Å². The molecular formula is C11H13Cl2NO2. The number of amides is 1. The Morgan fingerprint density at radius 2 is 2.19 bits per heavy atom. The summed E-state index contributed by atoms with van der Waals surface area (Å²) in [7, 11) is 1.63. The van der Waals surface area contributed by atoms with Crippen molar-refractivity contribution in [2.75, 3.05) is 12.9 Å². The number of carbonyl (C=O) groups excluding carboxylic acids is 1. The Balaban J connectivity index is 3.00. The number of alkyl halides is 1. The highest BCUT2D eigenvalue weighted by Gasteiger charge is 2.19. The van der Waals surface area contributed by atoms with E-state index in [1.165, 1.54) is 23.1 Å². The van der Waals surface area contributed by atoms with Gasteiger partial charge < -0.3 is 10.0 Å². The fraction of sp³-hybridized carbons (Fsp3) is 0.364. The molecule has 0 aliphatic heterocycles. The van der Waals surface area contributed by atoms with E-state index in [-0.39, 0.29) is 23.3 Å². The molecule has 0 aromatic heterocycles. The first kappa shape index (κ1) is 13.1. The van der Waals surface area contributed by atoms with E-state index >= 15 is 0 Å². The van der Waals surface area contributed by atoms with Crippen LogP contribution in [0, 0.1) is 0 Å². The number of carbonyl (C=O) groups is 1. The molecule has 1 rings (SSSR count). The summed E-state index contributed by atoms with van der Waals surface area (Å²) < 4.78 is 0. The van der Waals surface area contributed by atoms with Crippen LogP contribution in [0.25, 0.3) is 0 Å². The van der Waals surface area contributed by atoms with E-state index in [9.17, 15) is 9.90 Å². The van der Waals surface area contributed by atoms with E-state index in [4.69, 9.17) is 23.2 Å². The summed E-state index contributed by atoms with van der Waals surface area (Å²) in [6, 6.07) is 4.26. The second kappa shape index (κ2) is 5.41. The summed E-state index contributed by atoms with van der Waals surface area (Å²) in [5.74, 6) is -0.0417. The summed E-state index contributed by atoms with van der Waals surface area (Å²) in [5.41, 5.74) is 0.187. The number of rotatable bonds is 3. The van der Waals surface area contributed by atoms with Gasteiger partial charge in [0, 0.05) is 24.0 Å². The van der Waals surface area contributed by atoms with Crippen molar-refractivity contribution in [1.82, 2.24) is 4.90 Å². The fourth-order valence-electron chi connectivity index (χ4n) is 1.17. The lowest BCUT2D eigenvalue weighted by Crippen LogP contribution is -2.36. The minimum absolute atomic E-state index is 0.0805. The molecule has 1 aromatic rings. The number of aromatic hydroxyl groups is 1. The molecule has 0 radical (unpaired) electrons. The van der Waals surface area contributed by atoms with Gasteiger partial charge in [-0.25, -0.2) is 0 Å². The van der Waals surface area contributed by atoms with Crippen molar-refractivity contribution in [2.24, 2.45) is 0 Å². The van der Waals surface area contributed by atoms with Crippen LogP contribution in [0.3, 0.4) is 0 Å². The largest absolute Gasteiger partial charge is 0.507 e.